The number of carbonyl (C=O) groups excluding carboxylic acids is 3. The smallest absolute Gasteiger partial charge is 0.306 e. The lowest BCUT2D eigenvalue weighted by atomic mass is 10.1. The van der Waals surface area contributed by atoms with Crippen LogP contribution in [0.1, 0.15) is 297 Å². The molecule has 0 aliphatic carbocycles. The number of hydrogen-bond donors (Lipinski definition) is 0. The van der Waals surface area contributed by atoms with E-state index in [2.05, 4.69) is 142 Å². The molecule has 0 amide bonds. The molecule has 78 heavy (non-hydrogen) atoms. The highest BCUT2D eigenvalue weighted by Gasteiger charge is 2.19. The van der Waals surface area contributed by atoms with Crippen LogP contribution in [0.5, 0.6) is 0 Å². The second kappa shape index (κ2) is 65.3. The average molecular weight is 1080 g/mol. The minimum absolute atomic E-state index is 0.0856. The average Bonchev–Trinajstić information content (AvgIpc) is 3.44. The summed E-state index contributed by atoms with van der Waals surface area (Å²) in [5.41, 5.74) is 0. The van der Waals surface area contributed by atoms with E-state index >= 15 is 0 Å². The summed E-state index contributed by atoms with van der Waals surface area (Å²) in [6.45, 7) is 6.46. The van der Waals surface area contributed by atoms with Gasteiger partial charge in [-0.2, -0.15) is 0 Å². The van der Waals surface area contributed by atoms with Crippen molar-refractivity contribution in [1.82, 2.24) is 0 Å². The van der Waals surface area contributed by atoms with Crippen molar-refractivity contribution < 1.29 is 28.6 Å². The van der Waals surface area contributed by atoms with Crippen LogP contribution in [0.25, 0.3) is 0 Å². The number of ether oxygens (including phenoxy) is 3. The Kier molecular flexibility index (Phi) is 61.8. The zero-order valence-electron chi connectivity index (χ0n) is 50.9. The molecule has 0 spiro atoms. The number of esters is 3. The summed E-state index contributed by atoms with van der Waals surface area (Å²) in [7, 11) is 0. The molecule has 1 unspecified atom stereocenters. The Morgan fingerprint density at radius 3 is 0.795 bits per heavy atom. The number of carbonyl (C=O) groups is 3. The van der Waals surface area contributed by atoms with Gasteiger partial charge in [-0.25, -0.2) is 0 Å². The van der Waals surface area contributed by atoms with Gasteiger partial charge < -0.3 is 14.2 Å². The summed E-state index contributed by atoms with van der Waals surface area (Å²) in [6, 6.07) is 0. The Balaban J connectivity index is 4.16. The Morgan fingerprint density at radius 1 is 0.269 bits per heavy atom. The van der Waals surface area contributed by atoms with Crippen LogP contribution >= 0.6 is 0 Å². The van der Waals surface area contributed by atoms with E-state index in [0.29, 0.717) is 19.3 Å². The fourth-order valence-corrected chi connectivity index (χ4v) is 8.84. The van der Waals surface area contributed by atoms with Gasteiger partial charge in [-0.05, 0) is 116 Å². The second-order valence-corrected chi connectivity index (χ2v) is 21.3. The van der Waals surface area contributed by atoms with Gasteiger partial charge in [-0.1, -0.05) is 284 Å². The van der Waals surface area contributed by atoms with Crippen molar-refractivity contribution in [3.8, 4) is 0 Å². The Morgan fingerprint density at radius 2 is 0.500 bits per heavy atom. The molecule has 0 aromatic heterocycles. The van der Waals surface area contributed by atoms with Gasteiger partial charge >= 0.3 is 17.9 Å². The van der Waals surface area contributed by atoms with Gasteiger partial charge in [0.1, 0.15) is 13.2 Å². The quantitative estimate of drug-likeness (QED) is 0.0261. The summed E-state index contributed by atoms with van der Waals surface area (Å²) in [5, 5.41) is 0. The van der Waals surface area contributed by atoms with E-state index in [0.717, 1.165) is 135 Å². The molecule has 0 aromatic carbocycles. The van der Waals surface area contributed by atoms with Gasteiger partial charge in [0.25, 0.3) is 0 Å². The number of rotatable bonds is 58. The van der Waals surface area contributed by atoms with Crippen molar-refractivity contribution in [3.63, 3.8) is 0 Å². The topological polar surface area (TPSA) is 78.9 Å². The fraction of sp³-hybridized carbons (Fsp3) is 0.681. The Labute approximate surface area is 482 Å². The zero-order valence-corrected chi connectivity index (χ0v) is 50.9. The molecule has 1 atom stereocenters. The number of unbranched alkanes of at least 4 members (excludes halogenated alkanes) is 27. The zero-order chi connectivity index (χ0) is 56.4. The van der Waals surface area contributed by atoms with E-state index in [1.54, 1.807) is 0 Å². The van der Waals surface area contributed by atoms with Gasteiger partial charge in [-0.3, -0.25) is 14.4 Å². The maximum Gasteiger partial charge on any atom is 0.306 e. The molecule has 0 fully saturated rings. The van der Waals surface area contributed by atoms with Gasteiger partial charge in [0.15, 0.2) is 6.10 Å². The van der Waals surface area contributed by atoms with E-state index in [9.17, 15) is 14.4 Å². The highest BCUT2D eigenvalue weighted by Crippen LogP contribution is 2.15. The summed E-state index contributed by atoms with van der Waals surface area (Å²) in [6.07, 6.45) is 91.0. The first-order valence-corrected chi connectivity index (χ1v) is 32.5. The van der Waals surface area contributed by atoms with E-state index in [4.69, 9.17) is 14.2 Å². The molecular formula is C72H120O6. The van der Waals surface area contributed by atoms with Gasteiger partial charge in [0, 0.05) is 19.3 Å². The summed E-state index contributed by atoms with van der Waals surface area (Å²) < 4.78 is 16.8. The monoisotopic (exact) mass is 1080 g/mol. The SMILES string of the molecule is CC/C=C\C/C=C\C/C=C\C/C=C\C/C=C\C/C=C\C/C=C\C/C=C\C/C=C\CCCCCCCC(=O)OCC(COC(=O)CCCCCCCC)OC(=O)CCCCCCCCCCC/C=C\CCCCCCCCCC. The normalized spacial score (nSPS) is 12.9. The molecule has 0 aliphatic rings. The highest BCUT2D eigenvalue weighted by atomic mass is 16.6. The van der Waals surface area contributed by atoms with Crippen molar-refractivity contribution in [2.45, 2.75) is 303 Å². The fourth-order valence-electron chi connectivity index (χ4n) is 8.84. The van der Waals surface area contributed by atoms with Crippen LogP contribution in [0.3, 0.4) is 0 Å². The molecule has 0 aromatic rings. The maximum atomic E-state index is 12.8. The molecule has 6 heteroatoms. The number of allylic oxidation sites excluding steroid dienone is 20. The third kappa shape index (κ3) is 62.7. The third-order valence-electron chi connectivity index (χ3n) is 13.7. The molecule has 0 aliphatic heterocycles. The van der Waals surface area contributed by atoms with Crippen molar-refractivity contribution in [1.29, 1.82) is 0 Å². The molecule has 0 bridgehead atoms. The predicted octanol–water partition coefficient (Wildman–Crippen LogP) is 22.4. The predicted molar refractivity (Wildman–Crippen MR) is 339 cm³/mol. The van der Waals surface area contributed by atoms with E-state index in [-0.39, 0.29) is 31.1 Å². The minimum atomic E-state index is -0.787. The third-order valence-corrected chi connectivity index (χ3v) is 13.7. The number of hydrogen-bond acceptors (Lipinski definition) is 6. The Bertz CT molecular complexity index is 1620. The molecule has 0 rings (SSSR count). The molecule has 0 heterocycles. The molecule has 0 saturated heterocycles. The van der Waals surface area contributed by atoms with Crippen LogP contribution in [-0.2, 0) is 28.6 Å². The van der Waals surface area contributed by atoms with Gasteiger partial charge in [0.2, 0.25) is 0 Å². The van der Waals surface area contributed by atoms with Crippen molar-refractivity contribution >= 4 is 17.9 Å². The molecular weight excluding hydrogens is 961 g/mol. The molecule has 0 radical (unpaired) electrons. The lowest BCUT2D eigenvalue weighted by Crippen LogP contribution is -2.30. The van der Waals surface area contributed by atoms with Crippen LogP contribution < -0.4 is 0 Å². The second-order valence-electron chi connectivity index (χ2n) is 21.3. The molecule has 0 N–H and O–H groups in total. The Hall–Kier alpha value is -4.19. The van der Waals surface area contributed by atoms with Crippen LogP contribution in [0.15, 0.2) is 122 Å². The van der Waals surface area contributed by atoms with Gasteiger partial charge in [-0.15, -0.1) is 0 Å². The highest BCUT2D eigenvalue weighted by molar-refractivity contribution is 5.71. The van der Waals surface area contributed by atoms with E-state index in [1.165, 1.54) is 122 Å². The summed E-state index contributed by atoms with van der Waals surface area (Å²) in [5.74, 6) is -0.914. The van der Waals surface area contributed by atoms with Crippen molar-refractivity contribution in [2.75, 3.05) is 13.2 Å². The molecule has 0 saturated carbocycles. The van der Waals surface area contributed by atoms with Crippen LogP contribution in [0.2, 0.25) is 0 Å². The lowest BCUT2D eigenvalue weighted by Gasteiger charge is -2.18. The maximum absolute atomic E-state index is 12.8. The van der Waals surface area contributed by atoms with Crippen molar-refractivity contribution in [3.05, 3.63) is 122 Å². The first-order valence-electron chi connectivity index (χ1n) is 32.5. The minimum Gasteiger partial charge on any atom is -0.462 e. The van der Waals surface area contributed by atoms with Crippen LogP contribution in [0.4, 0.5) is 0 Å². The molecule has 6 nitrogen and oxygen atoms in total. The summed E-state index contributed by atoms with van der Waals surface area (Å²) >= 11 is 0. The standard InChI is InChI=1S/C72H120O6/c1-4-7-10-13-16-18-20-22-24-26-28-30-31-32-33-34-35-36-37-38-39-40-41-43-44-46-48-50-52-54-56-59-62-65-71(74)77-68-69(67-76-70(73)64-61-58-15-12-9-6-3)78-72(75)66-63-60-57-55-53-51-49-47-45-42-29-27-25-23-21-19-17-14-11-8-5-2/h7,10,16,18,22,24,27-30,32-33,35-36,38-39,41,43,46,48,69H,4-6,8-9,11-15,17,19-21,23,25-26,31,34,37,40,42,44-45,47,49-68H2,1-3H3/b10-7-,18-16-,24-22-,29-27-,30-28-,33-32-,36-35-,39-38-,43-41-,48-46-. The van der Waals surface area contributed by atoms with E-state index < -0.39 is 6.10 Å². The first-order chi connectivity index (χ1) is 38.5. The van der Waals surface area contributed by atoms with Crippen molar-refractivity contribution in [2.24, 2.45) is 0 Å². The largest absolute Gasteiger partial charge is 0.462 e. The van der Waals surface area contributed by atoms with Crippen LogP contribution in [0, 0.1) is 0 Å². The van der Waals surface area contributed by atoms with Crippen LogP contribution in [-0.4, -0.2) is 37.2 Å². The summed E-state index contributed by atoms with van der Waals surface area (Å²) in [4.78, 5) is 38.0. The first kappa shape index (κ1) is 73.8. The van der Waals surface area contributed by atoms with E-state index in [1.807, 2.05) is 0 Å². The molecule has 444 valence electrons. The van der Waals surface area contributed by atoms with Gasteiger partial charge in [0.05, 0.1) is 0 Å². The lowest BCUT2D eigenvalue weighted by molar-refractivity contribution is -0.167.